The van der Waals surface area contributed by atoms with Crippen molar-refractivity contribution < 1.29 is 18.9 Å². The summed E-state index contributed by atoms with van der Waals surface area (Å²) in [6.07, 6.45) is -0.146. The number of benzene rings is 2. The van der Waals surface area contributed by atoms with E-state index in [2.05, 4.69) is 10.3 Å². The number of rotatable bonds is 8. The zero-order valence-corrected chi connectivity index (χ0v) is 15.5. The minimum atomic E-state index is -0.146. The molecule has 3 N–H and O–H groups in total. The number of nitrogens with zero attached hydrogens (tertiary/aromatic N) is 1. The second-order valence-electron chi connectivity index (χ2n) is 5.53. The molecule has 2 rings (SSSR count). The first kappa shape index (κ1) is 19.2. The summed E-state index contributed by atoms with van der Waals surface area (Å²) in [6, 6.07) is 12.8. The van der Waals surface area contributed by atoms with Crippen molar-refractivity contribution in [1.82, 2.24) is 0 Å². The summed E-state index contributed by atoms with van der Waals surface area (Å²) in [5.41, 5.74) is 6.70. The van der Waals surface area contributed by atoms with Crippen molar-refractivity contribution in [1.29, 1.82) is 0 Å². The molecule has 0 bridgehead atoms. The third kappa shape index (κ3) is 5.47. The number of methoxy groups -OCH3 is 3. The van der Waals surface area contributed by atoms with E-state index in [1.165, 1.54) is 0 Å². The zero-order chi connectivity index (χ0) is 18.9. The number of ether oxygens (including phenoxy) is 4. The monoisotopic (exact) mass is 359 g/mol. The molecule has 0 aliphatic heterocycles. The van der Waals surface area contributed by atoms with Crippen LogP contribution in [0.15, 0.2) is 47.5 Å². The lowest BCUT2D eigenvalue weighted by molar-refractivity contribution is 0.229. The Bertz CT molecular complexity index is 749. The molecule has 7 nitrogen and oxygen atoms in total. The van der Waals surface area contributed by atoms with Crippen LogP contribution in [0.1, 0.15) is 6.92 Å². The van der Waals surface area contributed by atoms with E-state index in [0.717, 1.165) is 17.2 Å². The van der Waals surface area contributed by atoms with Crippen molar-refractivity contribution in [2.45, 2.75) is 13.0 Å². The Kier molecular flexibility index (Phi) is 6.96. The fraction of sp³-hybridized carbons (Fsp3) is 0.316. The SMILES string of the molecule is COc1cccc(OC(C)CN=C(N)Nc2ccc(OC)c(OC)c2)c1. The van der Waals surface area contributed by atoms with Crippen LogP contribution in [0.2, 0.25) is 0 Å². The second kappa shape index (κ2) is 9.41. The Morgan fingerprint density at radius 1 is 1.00 bits per heavy atom. The predicted molar refractivity (Wildman–Crippen MR) is 103 cm³/mol. The van der Waals surface area contributed by atoms with Crippen LogP contribution in [-0.4, -0.2) is 39.9 Å². The van der Waals surface area contributed by atoms with Gasteiger partial charge in [0.1, 0.15) is 17.6 Å². The van der Waals surface area contributed by atoms with Crippen LogP contribution in [-0.2, 0) is 0 Å². The lowest BCUT2D eigenvalue weighted by atomic mass is 10.3. The molecule has 0 fully saturated rings. The van der Waals surface area contributed by atoms with Gasteiger partial charge in [-0.3, -0.25) is 0 Å². The number of guanidine groups is 1. The average molecular weight is 359 g/mol. The summed E-state index contributed by atoms with van der Waals surface area (Å²) in [4.78, 5) is 4.31. The molecule has 0 aliphatic carbocycles. The second-order valence-corrected chi connectivity index (χ2v) is 5.53. The van der Waals surface area contributed by atoms with Crippen LogP contribution < -0.4 is 30.0 Å². The Labute approximate surface area is 153 Å². The third-order valence-electron chi connectivity index (χ3n) is 3.55. The molecule has 0 radical (unpaired) electrons. The largest absolute Gasteiger partial charge is 0.497 e. The van der Waals surface area contributed by atoms with E-state index < -0.39 is 0 Å². The third-order valence-corrected chi connectivity index (χ3v) is 3.55. The highest BCUT2D eigenvalue weighted by Crippen LogP contribution is 2.29. The number of hydrogen-bond acceptors (Lipinski definition) is 5. The van der Waals surface area contributed by atoms with Gasteiger partial charge in [0.05, 0.1) is 27.9 Å². The molecule has 7 heteroatoms. The fourth-order valence-electron chi connectivity index (χ4n) is 2.27. The molecule has 0 aromatic heterocycles. The highest BCUT2D eigenvalue weighted by molar-refractivity contribution is 5.92. The van der Waals surface area contributed by atoms with Crippen molar-refractivity contribution >= 4 is 11.6 Å². The molecule has 0 saturated carbocycles. The minimum absolute atomic E-state index is 0.146. The van der Waals surface area contributed by atoms with E-state index in [1.807, 2.05) is 37.3 Å². The van der Waals surface area contributed by atoms with Crippen molar-refractivity contribution in [2.24, 2.45) is 10.7 Å². The summed E-state index contributed by atoms with van der Waals surface area (Å²) in [6.45, 7) is 2.33. The number of nitrogens with one attached hydrogen (secondary N) is 1. The average Bonchev–Trinajstić information content (AvgIpc) is 2.66. The van der Waals surface area contributed by atoms with Crippen LogP contribution >= 0.6 is 0 Å². The van der Waals surface area contributed by atoms with E-state index in [-0.39, 0.29) is 6.10 Å². The van der Waals surface area contributed by atoms with Gasteiger partial charge in [-0.05, 0) is 31.2 Å². The van der Waals surface area contributed by atoms with E-state index in [1.54, 1.807) is 33.5 Å². The molecule has 0 saturated heterocycles. The van der Waals surface area contributed by atoms with Gasteiger partial charge < -0.3 is 30.0 Å². The molecule has 1 unspecified atom stereocenters. The molecule has 1 atom stereocenters. The smallest absolute Gasteiger partial charge is 0.193 e. The molecule has 26 heavy (non-hydrogen) atoms. The first-order valence-electron chi connectivity index (χ1n) is 8.15. The van der Waals surface area contributed by atoms with Crippen LogP contribution in [0.3, 0.4) is 0 Å². The Balaban J connectivity index is 1.92. The van der Waals surface area contributed by atoms with Gasteiger partial charge in [0.25, 0.3) is 0 Å². The molecule has 2 aromatic rings. The standard InChI is InChI=1S/C19H25N3O4/c1-13(26-16-7-5-6-15(11-16)23-2)12-21-19(20)22-14-8-9-17(24-3)18(10-14)25-4/h5-11,13H,12H2,1-4H3,(H3,20,21,22). The molecule has 140 valence electrons. The normalized spacial score (nSPS) is 12.2. The summed E-state index contributed by atoms with van der Waals surface area (Å²) in [5, 5.41) is 3.02. The lowest BCUT2D eigenvalue weighted by Gasteiger charge is -2.14. The summed E-state index contributed by atoms with van der Waals surface area (Å²) in [7, 11) is 4.79. The molecule has 0 aliphatic rings. The van der Waals surface area contributed by atoms with E-state index in [0.29, 0.717) is 24.0 Å². The molecular formula is C19H25N3O4. The van der Waals surface area contributed by atoms with Crippen LogP contribution in [0.25, 0.3) is 0 Å². The number of hydrogen-bond donors (Lipinski definition) is 2. The number of anilines is 1. The molecule has 0 amide bonds. The maximum atomic E-state index is 5.95. The van der Waals surface area contributed by atoms with Crippen LogP contribution in [0.5, 0.6) is 23.0 Å². The summed E-state index contributed by atoms with van der Waals surface area (Å²) in [5.74, 6) is 3.01. The topological polar surface area (TPSA) is 87.3 Å². The lowest BCUT2D eigenvalue weighted by Crippen LogP contribution is -2.25. The number of nitrogens with two attached hydrogens (primary N) is 1. The van der Waals surface area contributed by atoms with Crippen LogP contribution in [0.4, 0.5) is 5.69 Å². The van der Waals surface area contributed by atoms with Gasteiger partial charge in [-0.2, -0.15) is 0 Å². The van der Waals surface area contributed by atoms with Crippen molar-refractivity contribution in [3.05, 3.63) is 42.5 Å². The Morgan fingerprint density at radius 3 is 2.42 bits per heavy atom. The van der Waals surface area contributed by atoms with E-state index in [9.17, 15) is 0 Å². The fourth-order valence-corrected chi connectivity index (χ4v) is 2.27. The van der Waals surface area contributed by atoms with E-state index >= 15 is 0 Å². The van der Waals surface area contributed by atoms with E-state index in [4.69, 9.17) is 24.7 Å². The van der Waals surface area contributed by atoms with Gasteiger partial charge in [-0.1, -0.05) is 6.07 Å². The maximum absolute atomic E-state index is 5.95. The first-order chi connectivity index (χ1) is 12.5. The summed E-state index contributed by atoms with van der Waals surface area (Å²) < 4.78 is 21.5. The minimum Gasteiger partial charge on any atom is -0.497 e. The predicted octanol–water partition coefficient (Wildman–Crippen LogP) is 2.91. The van der Waals surface area contributed by atoms with Crippen molar-refractivity contribution in [2.75, 3.05) is 33.2 Å². The molecule has 0 heterocycles. The quantitative estimate of drug-likeness (QED) is 0.557. The van der Waals surface area contributed by atoms with Crippen molar-refractivity contribution in [3.8, 4) is 23.0 Å². The molecular weight excluding hydrogens is 334 g/mol. The van der Waals surface area contributed by atoms with Crippen LogP contribution in [0, 0.1) is 0 Å². The maximum Gasteiger partial charge on any atom is 0.193 e. The zero-order valence-electron chi connectivity index (χ0n) is 15.5. The highest BCUT2D eigenvalue weighted by atomic mass is 16.5. The Hall–Kier alpha value is -3.09. The van der Waals surface area contributed by atoms with Crippen molar-refractivity contribution in [3.63, 3.8) is 0 Å². The van der Waals surface area contributed by atoms with Gasteiger partial charge in [-0.25, -0.2) is 4.99 Å². The Morgan fingerprint density at radius 2 is 1.73 bits per heavy atom. The van der Waals surface area contributed by atoms with Gasteiger partial charge in [-0.15, -0.1) is 0 Å². The number of aliphatic imine (C=N–C) groups is 1. The molecule has 0 spiro atoms. The first-order valence-corrected chi connectivity index (χ1v) is 8.15. The van der Waals surface area contributed by atoms with Gasteiger partial charge in [0.2, 0.25) is 0 Å². The van der Waals surface area contributed by atoms with Gasteiger partial charge in [0, 0.05) is 17.8 Å². The summed E-state index contributed by atoms with van der Waals surface area (Å²) >= 11 is 0. The van der Waals surface area contributed by atoms with Gasteiger partial charge >= 0.3 is 0 Å². The van der Waals surface area contributed by atoms with Gasteiger partial charge in [0.15, 0.2) is 17.5 Å². The highest BCUT2D eigenvalue weighted by Gasteiger charge is 2.07. The molecule has 2 aromatic carbocycles.